The van der Waals surface area contributed by atoms with E-state index in [1.165, 1.54) is 0 Å². The quantitative estimate of drug-likeness (QED) is 0.150. The van der Waals surface area contributed by atoms with Gasteiger partial charge in [0, 0.05) is 12.5 Å². The van der Waals surface area contributed by atoms with Gasteiger partial charge in [-0.3, -0.25) is 23.2 Å². The lowest BCUT2D eigenvalue weighted by molar-refractivity contribution is -0.167. The molecule has 0 bridgehead atoms. The summed E-state index contributed by atoms with van der Waals surface area (Å²) in [4.78, 5) is 38.7. The van der Waals surface area contributed by atoms with Crippen LogP contribution in [0.3, 0.4) is 0 Å². The van der Waals surface area contributed by atoms with Gasteiger partial charge in [0.2, 0.25) is 11.8 Å². The molecule has 4 N–H and O–H groups in total. The predicted octanol–water partition coefficient (Wildman–Crippen LogP) is 4.93. The molecule has 1 heterocycles. The molecule has 2 aliphatic rings. The fourth-order valence-electron chi connectivity index (χ4n) is 5.35. The van der Waals surface area contributed by atoms with Crippen LogP contribution in [0, 0.1) is 11.8 Å². The molecule has 1 saturated carbocycles. The molecule has 0 spiro atoms. The lowest BCUT2D eigenvalue weighted by Crippen LogP contribution is -2.54. The zero-order valence-electron chi connectivity index (χ0n) is 24.8. The van der Waals surface area contributed by atoms with Gasteiger partial charge in [0.25, 0.3) is 0 Å². The Morgan fingerprint density at radius 3 is 2.09 bits per heavy atom. The van der Waals surface area contributed by atoms with Crippen LogP contribution in [0.2, 0.25) is 0 Å². The zero-order valence-corrected chi connectivity index (χ0v) is 25.7. The number of carbonyl (C=O) groups excluding carboxylic acids is 3. The van der Waals surface area contributed by atoms with Crippen molar-refractivity contribution in [2.45, 2.75) is 88.3 Å². The van der Waals surface area contributed by atoms with Crippen molar-refractivity contribution in [3.63, 3.8) is 0 Å². The van der Waals surface area contributed by atoms with E-state index in [-0.39, 0.29) is 31.9 Å². The highest BCUT2D eigenvalue weighted by molar-refractivity contribution is 7.54. The fraction of sp³-hybridized carbons (Fsp3) is 0.679. The van der Waals surface area contributed by atoms with Gasteiger partial charge in [-0.15, -0.1) is 0 Å². The van der Waals surface area contributed by atoms with Crippen LogP contribution in [-0.4, -0.2) is 73.1 Å². The molecule has 0 radical (unpaired) electrons. The van der Waals surface area contributed by atoms with E-state index in [0.29, 0.717) is 5.56 Å². The fourth-order valence-corrected chi connectivity index (χ4v) is 7.02. The van der Waals surface area contributed by atoms with Crippen LogP contribution < -0.4 is 16.0 Å². The van der Waals surface area contributed by atoms with Gasteiger partial charge in [0.15, 0.2) is 19.1 Å². The molecule has 0 aromatic heterocycles. The normalized spacial score (nSPS) is 20.0. The van der Waals surface area contributed by atoms with E-state index in [9.17, 15) is 50.4 Å². The second-order valence-electron chi connectivity index (χ2n) is 11.4. The van der Waals surface area contributed by atoms with Gasteiger partial charge in [0.1, 0.15) is 12.6 Å². The molecule has 18 heteroatoms. The van der Waals surface area contributed by atoms with Gasteiger partial charge in [-0.25, -0.2) is 4.79 Å². The summed E-state index contributed by atoms with van der Waals surface area (Å²) in [7, 11) is -5.67. The number of hydrogen-bond donors (Lipinski definition) is 4. The number of halogens is 6. The first-order valence-corrected chi connectivity index (χ1v) is 16.4. The van der Waals surface area contributed by atoms with E-state index in [2.05, 4.69) is 25.0 Å². The van der Waals surface area contributed by atoms with E-state index in [4.69, 9.17) is 4.74 Å². The van der Waals surface area contributed by atoms with Gasteiger partial charge < -0.3 is 25.8 Å². The number of alkyl carbamates (subject to hydrolysis) is 1. The largest absolute Gasteiger partial charge is 0.445 e. The Bertz CT molecular complexity index is 1180. The molecular weight excluding hydrogens is 651 g/mol. The second-order valence-corrected chi connectivity index (χ2v) is 13.5. The number of amides is 3. The van der Waals surface area contributed by atoms with Crippen molar-refractivity contribution in [3.05, 3.63) is 35.9 Å². The number of benzene rings is 1. The summed E-state index contributed by atoms with van der Waals surface area (Å²) in [5.41, 5.74) is 0.650. The molecule has 260 valence electrons. The van der Waals surface area contributed by atoms with Crippen LogP contribution in [0.1, 0.15) is 56.9 Å². The number of alkyl halides is 6. The Hall–Kier alpha value is -2.88. The third-order valence-electron chi connectivity index (χ3n) is 7.64. The van der Waals surface area contributed by atoms with Gasteiger partial charge in [-0.2, -0.15) is 26.3 Å². The molecule has 1 aromatic rings. The van der Waals surface area contributed by atoms with Crippen LogP contribution in [-0.2, 0) is 34.5 Å². The van der Waals surface area contributed by atoms with Crippen LogP contribution in [0.15, 0.2) is 30.3 Å². The Balaban J connectivity index is 1.85. The summed E-state index contributed by atoms with van der Waals surface area (Å²) in [6, 6.07) is 5.39. The predicted molar refractivity (Wildman–Crippen MR) is 150 cm³/mol. The Kier molecular flexibility index (Phi) is 13.7. The van der Waals surface area contributed by atoms with Crippen molar-refractivity contribution in [1.29, 1.82) is 0 Å². The summed E-state index contributed by atoms with van der Waals surface area (Å²) in [5, 5.41) is 18.2. The Morgan fingerprint density at radius 2 is 1.54 bits per heavy atom. The van der Waals surface area contributed by atoms with E-state index in [1.807, 2.05) is 0 Å². The van der Waals surface area contributed by atoms with E-state index < -0.39 is 81.3 Å². The van der Waals surface area contributed by atoms with Gasteiger partial charge in [-0.1, -0.05) is 62.4 Å². The average molecular weight is 690 g/mol. The van der Waals surface area contributed by atoms with Crippen molar-refractivity contribution in [2.24, 2.45) is 11.8 Å². The summed E-state index contributed by atoms with van der Waals surface area (Å²) in [6.45, 7) is -4.63. The lowest BCUT2D eigenvalue weighted by Gasteiger charge is -2.33. The van der Waals surface area contributed by atoms with E-state index in [1.54, 1.807) is 30.3 Å². The highest BCUT2D eigenvalue weighted by atomic mass is 31.2. The standard InChI is InChI=1S/C28H38F6N3O8P/c29-27(30,31)16-44-46(42,45-17-28(32,33)34)25(40)22(14-20-11-12-35-23(20)38)36-24(39)21(13-18-7-3-1-4-8-18)37-26(41)43-15-19-9-5-2-6-10-19/h2,5-6,9-10,18,20-22,25,40H,1,3-4,7-8,11-17H2,(H,35,38)(H,36,39)(H,37,41)/t20?,21-,22-,25-/m0/s1. The van der Waals surface area contributed by atoms with Crippen LogP contribution >= 0.6 is 7.60 Å². The molecular formula is C28H38F6N3O8P. The van der Waals surface area contributed by atoms with Crippen molar-refractivity contribution in [2.75, 3.05) is 19.8 Å². The maximum Gasteiger partial charge on any atom is 0.412 e. The monoisotopic (exact) mass is 689 g/mol. The van der Waals surface area contributed by atoms with E-state index in [0.717, 1.165) is 32.1 Å². The number of nitrogens with one attached hydrogen (secondary N) is 3. The zero-order chi connectivity index (χ0) is 34.0. The average Bonchev–Trinajstić information content (AvgIpc) is 3.41. The van der Waals surface area contributed by atoms with E-state index >= 15 is 0 Å². The molecule has 1 aliphatic carbocycles. The Labute approximate surface area is 261 Å². The maximum atomic E-state index is 13.6. The molecule has 1 aliphatic heterocycles. The number of ether oxygens (including phenoxy) is 1. The van der Waals surface area contributed by atoms with Crippen molar-refractivity contribution < 1.29 is 64.2 Å². The van der Waals surface area contributed by atoms with Crippen molar-refractivity contribution in [3.8, 4) is 0 Å². The van der Waals surface area contributed by atoms with Gasteiger partial charge in [0.05, 0.1) is 6.04 Å². The summed E-state index contributed by atoms with van der Waals surface area (Å²) in [5.74, 6) is -5.30. The SMILES string of the molecule is O=C(N[C@@H](CC1CCCCC1)C(=O)N[C@@H](CC1CCNC1=O)[C@@H](O)P(=O)(OCC(F)(F)F)OCC(F)(F)F)OCc1ccccc1. The van der Waals surface area contributed by atoms with Gasteiger partial charge in [-0.05, 0) is 30.7 Å². The lowest BCUT2D eigenvalue weighted by atomic mass is 9.84. The molecule has 1 saturated heterocycles. The highest BCUT2D eigenvalue weighted by Crippen LogP contribution is 2.55. The van der Waals surface area contributed by atoms with Gasteiger partial charge >= 0.3 is 26.0 Å². The summed E-state index contributed by atoms with van der Waals surface area (Å²) in [6.07, 6.45) is -7.47. The van der Waals surface area contributed by atoms with Crippen molar-refractivity contribution >= 4 is 25.5 Å². The first-order valence-electron chi connectivity index (χ1n) is 14.8. The Morgan fingerprint density at radius 1 is 0.935 bits per heavy atom. The smallest absolute Gasteiger partial charge is 0.412 e. The molecule has 46 heavy (non-hydrogen) atoms. The minimum Gasteiger partial charge on any atom is -0.445 e. The molecule has 4 atom stereocenters. The molecule has 2 fully saturated rings. The van der Waals surface area contributed by atoms with Crippen molar-refractivity contribution in [1.82, 2.24) is 16.0 Å². The first kappa shape index (κ1) is 37.6. The number of hydrogen-bond acceptors (Lipinski definition) is 8. The molecule has 11 nitrogen and oxygen atoms in total. The highest BCUT2D eigenvalue weighted by Gasteiger charge is 2.48. The third kappa shape index (κ3) is 12.7. The number of rotatable bonds is 15. The maximum absolute atomic E-state index is 13.6. The number of carbonyl (C=O) groups is 3. The first-order chi connectivity index (χ1) is 21.5. The second kappa shape index (κ2) is 16.8. The summed E-state index contributed by atoms with van der Waals surface area (Å²) >= 11 is 0. The van der Waals surface area contributed by atoms with Crippen LogP contribution in [0.4, 0.5) is 31.1 Å². The minimum atomic E-state index is -5.67. The molecule has 1 aromatic carbocycles. The third-order valence-corrected chi connectivity index (χ3v) is 9.63. The number of aliphatic hydroxyl groups is 1. The molecule has 1 unspecified atom stereocenters. The van der Waals surface area contributed by atoms with Crippen LogP contribution in [0.25, 0.3) is 0 Å². The molecule has 3 rings (SSSR count). The number of aliphatic hydroxyl groups excluding tert-OH is 1. The summed E-state index contributed by atoms with van der Waals surface area (Å²) < 4.78 is 105. The topological polar surface area (TPSA) is 152 Å². The minimum absolute atomic E-state index is 0.0285. The van der Waals surface area contributed by atoms with Crippen LogP contribution in [0.5, 0.6) is 0 Å². The molecule has 3 amide bonds.